The van der Waals surface area contributed by atoms with E-state index in [0.29, 0.717) is 17.3 Å². The van der Waals surface area contributed by atoms with Crippen LogP contribution >= 0.6 is 12.2 Å². The Labute approximate surface area is 123 Å². The number of nitrogens with zero attached hydrogens (tertiary/aromatic N) is 2. The van der Waals surface area contributed by atoms with Gasteiger partial charge in [0, 0.05) is 18.3 Å². The monoisotopic (exact) mass is 285 g/mol. The SMILES string of the molecule is NC(=S)c1ncccc1N1CCOc2ccccc2C1. The average Bonchev–Trinajstić information content (AvgIpc) is 2.69. The van der Waals surface area contributed by atoms with E-state index in [9.17, 15) is 0 Å². The molecule has 0 radical (unpaired) electrons. The van der Waals surface area contributed by atoms with Gasteiger partial charge in [0.25, 0.3) is 0 Å². The van der Waals surface area contributed by atoms with Crippen LogP contribution in [0.3, 0.4) is 0 Å². The summed E-state index contributed by atoms with van der Waals surface area (Å²) in [7, 11) is 0. The van der Waals surface area contributed by atoms with Gasteiger partial charge in [0.05, 0.1) is 12.2 Å². The fourth-order valence-electron chi connectivity index (χ4n) is 2.37. The summed E-state index contributed by atoms with van der Waals surface area (Å²) in [5, 5.41) is 0. The molecule has 102 valence electrons. The molecule has 2 N–H and O–H groups in total. The number of nitrogens with two attached hydrogens (primary N) is 1. The highest BCUT2D eigenvalue weighted by Gasteiger charge is 2.18. The van der Waals surface area contributed by atoms with Crippen LogP contribution in [-0.4, -0.2) is 23.1 Å². The predicted molar refractivity (Wildman–Crippen MR) is 83.1 cm³/mol. The van der Waals surface area contributed by atoms with E-state index in [1.165, 1.54) is 0 Å². The van der Waals surface area contributed by atoms with Crippen LogP contribution in [0.1, 0.15) is 11.3 Å². The summed E-state index contributed by atoms with van der Waals surface area (Å²) in [5.74, 6) is 0.941. The van der Waals surface area contributed by atoms with Crippen molar-refractivity contribution in [2.45, 2.75) is 6.54 Å². The second kappa shape index (κ2) is 5.46. The molecule has 3 rings (SSSR count). The number of ether oxygens (including phenoxy) is 1. The molecule has 1 aliphatic rings. The standard InChI is InChI=1S/C15H15N3OS/c16-15(20)14-12(5-3-7-17-14)18-8-9-19-13-6-2-1-4-11(13)10-18/h1-7H,8-10H2,(H2,16,20). The summed E-state index contributed by atoms with van der Waals surface area (Å²) in [6, 6.07) is 12.0. The first kappa shape index (κ1) is 12.9. The van der Waals surface area contributed by atoms with E-state index < -0.39 is 0 Å². The van der Waals surface area contributed by atoms with Crippen molar-refractivity contribution in [3.05, 3.63) is 53.9 Å². The van der Waals surface area contributed by atoms with E-state index in [0.717, 1.165) is 30.1 Å². The highest BCUT2D eigenvalue weighted by atomic mass is 32.1. The smallest absolute Gasteiger partial charge is 0.124 e. The zero-order chi connectivity index (χ0) is 13.9. The Morgan fingerprint density at radius 2 is 2.10 bits per heavy atom. The van der Waals surface area contributed by atoms with Crippen molar-refractivity contribution in [2.75, 3.05) is 18.1 Å². The number of aromatic nitrogens is 1. The molecule has 20 heavy (non-hydrogen) atoms. The van der Waals surface area contributed by atoms with Crippen molar-refractivity contribution in [1.29, 1.82) is 0 Å². The zero-order valence-corrected chi connectivity index (χ0v) is 11.8. The number of rotatable bonds is 2. The highest BCUT2D eigenvalue weighted by Crippen LogP contribution is 2.27. The Balaban J connectivity index is 1.98. The number of pyridine rings is 1. The molecule has 0 saturated heterocycles. The summed E-state index contributed by atoms with van der Waals surface area (Å²) in [4.78, 5) is 6.81. The third-order valence-electron chi connectivity index (χ3n) is 3.31. The van der Waals surface area contributed by atoms with Gasteiger partial charge in [-0.05, 0) is 18.2 Å². The molecule has 2 heterocycles. The molecule has 0 aliphatic carbocycles. The van der Waals surface area contributed by atoms with Crippen molar-refractivity contribution in [3.63, 3.8) is 0 Å². The molecule has 0 bridgehead atoms. The van der Waals surface area contributed by atoms with Gasteiger partial charge in [-0.3, -0.25) is 4.98 Å². The first-order valence-electron chi connectivity index (χ1n) is 6.46. The minimum absolute atomic E-state index is 0.319. The van der Waals surface area contributed by atoms with Crippen molar-refractivity contribution in [1.82, 2.24) is 4.98 Å². The number of thiocarbonyl (C=S) groups is 1. The van der Waals surface area contributed by atoms with Gasteiger partial charge in [0.2, 0.25) is 0 Å². The number of para-hydroxylation sites is 1. The minimum atomic E-state index is 0.319. The summed E-state index contributed by atoms with van der Waals surface area (Å²) in [5.41, 5.74) is 8.55. The maximum absolute atomic E-state index is 5.77. The van der Waals surface area contributed by atoms with Crippen LogP contribution in [0.25, 0.3) is 0 Å². The van der Waals surface area contributed by atoms with Crippen molar-refractivity contribution in [2.24, 2.45) is 5.73 Å². The molecule has 0 atom stereocenters. The van der Waals surface area contributed by atoms with Crippen LogP contribution in [0.5, 0.6) is 5.75 Å². The summed E-state index contributed by atoms with van der Waals surface area (Å²) >= 11 is 5.09. The van der Waals surface area contributed by atoms with Crippen LogP contribution in [0.15, 0.2) is 42.6 Å². The van der Waals surface area contributed by atoms with E-state index in [-0.39, 0.29) is 0 Å². The third-order valence-corrected chi connectivity index (χ3v) is 3.51. The van der Waals surface area contributed by atoms with Crippen LogP contribution in [0.4, 0.5) is 5.69 Å². The predicted octanol–water partition coefficient (Wildman–Crippen LogP) is 2.11. The molecule has 0 fully saturated rings. The van der Waals surface area contributed by atoms with E-state index in [2.05, 4.69) is 16.0 Å². The highest BCUT2D eigenvalue weighted by molar-refractivity contribution is 7.80. The second-order valence-electron chi connectivity index (χ2n) is 4.61. The lowest BCUT2D eigenvalue weighted by Crippen LogP contribution is -2.28. The molecule has 1 aliphatic heterocycles. The zero-order valence-electron chi connectivity index (χ0n) is 11.0. The van der Waals surface area contributed by atoms with E-state index >= 15 is 0 Å². The number of hydrogen-bond donors (Lipinski definition) is 1. The van der Waals surface area contributed by atoms with E-state index in [1.807, 2.05) is 30.3 Å². The van der Waals surface area contributed by atoms with Gasteiger partial charge in [-0.1, -0.05) is 30.4 Å². The second-order valence-corrected chi connectivity index (χ2v) is 5.05. The van der Waals surface area contributed by atoms with Crippen molar-refractivity contribution in [3.8, 4) is 5.75 Å². The van der Waals surface area contributed by atoms with Gasteiger partial charge in [0.1, 0.15) is 23.0 Å². The molecule has 0 amide bonds. The quantitative estimate of drug-likeness (QED) is 0.857. The van der Waals surface area contributed by atoms with Crippen molar-refractivity contribution < 1.29 is 4.74 Å². The van der Waals surface area contributed by atoms with E-state index in [4.69, 9.17) is 22.7 Å². The van der Waals surface area contributed by atoms with Crippen LogP contribution in [0.2, 0.25) is 0 Å². The van der Waals surface area contributed by atoms with Gasteiger partial charge in [-0.25, -0.2) is 0 Å². The fraction of sp³-hybridized carbons (Fsp3) is 0.200. The Kier molecular flexibility index (Phi) is 3.52. The largest absolute Gasteiger partial charge is 0.491 e. The maximum atomic E-state index is 5.77. The van der Waals surface area contributed by atoms with Gasteiger partial charge >= 0.3 is 0 Å². The molecule has 1 aromatic heterocycles. The normalized spacial score (nSPS) is 14.1. The molecule has 2 aromatic rings. The van der Waals surface area contributed by atoms with E-state index in [1.54, 1.807) is 6.20 Å². The van der Waals surface area contributed by atoms with Crippen LogP contribution in [-0.2, 0) is 6.54 Å². The molecule has 4 nitrogen and oxygen atoms in total. The molecule has 0 spiro atoms. The lowest BCUT2D eigenvalue weighted by molar-refractivity contribution is 0.331. The molecular formula is C15H15N3OS. The van der Waals surface area contributed by atoms with Gasteiger partial charge in [0.15, 0.2) is 0 Å². The number of anilines is 1. The summed E-state index contributed by atoms with van der Waals surface area (Å²) in [6.45, 7) is 2.16. The summed E-state index contributed by atoms with van der Waals surface area (Å²) < 4.78 is 5.77. The Hall–Kier alpha value is -2.14. The maximum Gasteiger partial charge on any atom is 0.124 e. The number of benzene rings is 1. The minimum Gasteiger partial charge on any atom is -0.491 e. The fourth-order valence-corrected chi connectivity index (χ4v) is 2.53. The lowest BCUT2D eigenvalue weighted by atomic mass is 10.1. The Bertz CT molecular complexity index is 645. The molecule has 0 unspecified atom stereocenters. The first-order valence-corrected chi connectivity index (χ1v) is 6.87. The van der Waals surface area contributed by atoms with Gasteiger partial charge in [-0.2, -0.15) is 0 Å². The Morgan fingerprint density at radius 1 is 1.25 bits per heavy atom. The third kappa shape index (κ3) is 2.44. The first-order chi connectivity index (χ1) is 9.75. The number of hydrogen-bond acceptors (Lipinski definition) is 4. The van der Waals surface area contributed by atoms with Crippen molar-refractivity contribution >= 4 is 22.9 Å². The molecule has 1 aromatic carbocycles. The van der Waals surface area contributed by atoms with Gasteiger partial charge in [-0.15, -0.1) is 0 Å². The van der Waals surface area contributed by atoms with Gasteiger partial charge < -0.3 is 15.4 Å². The average molecular weight is 285 g/mol. The molecule has 0 saturated carbocycles. The molecule has 5 heteroatoms. The lowest BCUT2D eigenvalue weighted by Gasteiger charge is -2.23. The molecular weight excluding hydrogens is 270 g/mol. The Morgan fingerprint density at radius 3 is 2.95 bits per heavy atom. The van der Waals surface area contributed by atoms with Crippen LogP contribution < -0.4 is 15.4 Å². The topological polar surface area (TPSA) is 51.4 Å². The summed E-state index contributed by atoms with van der Waals surface area (Å²) in [6.07, 6.45) is 1.71. The van der Waals surface area contributed by atoms with Crippen LogP contribution in [0, 0.1) is 0 Å². The number of fused-ring (bicyclic) bond motifs is 1.